The molecule has 0 saturated heterocycles. The van der Waals surface area contributed by atoms with E-state index in [0.29, 0.717) is 11.3 Å². The first-order valence-electron chi connectivity index (χ1n) is 5.95. The first-order chi connectivity index (χ1) is 8.69. The van der Waals surface area contributed by atoms with Crippen molar-refractivity contribution in [1.82, 2.24) is 0 Å². The van der Waals surface area contributed by atoms with E-state index in [1.807, 2.05) is 24.3 Å². The SMILES string of the molecule is CCc1ccc(NC(=O)c2cccc(N)c2)cc1. The quantitative estimate of drug-likeness (QED) is 0.810. The van der Waals surface area contributed by atoms with Crippen LogP contribution in [0.5, 0.6) is 0 Å². The second kappa shape index (κ2) is 5.36. The van der Waals surface area contributed by atoms with Crippen LogP contribution in [0.3, 0.4) is 0 Å². The molecule has 0 atom stereocenters. The van der Waals surface area contributed by atoms with Gasteiger partial charge in [-0.25, -0.2) is 0 Å². The molecule has 3 N–H and O–H groups in total. The van der Waals surface area contributed by atoms with Gasteiger partial charge >= 0.3 is 0 Å². The number of aryl methyl sites for hydroxylation is 1. The summed E-state index contributed by atoms with van der Waals surface area (Å²) in [5.41, 5.74) is 8.84. The summed E-state index contributed by atoms with van der Waals surface area (Å²) >= 11 is 0. The normalized spacial score (nSPS) is 10.1. The number of nitrogens with two attached hydrogens (primary N) is 1. The van der Waals surface area contributed by atoms with Gasteiger partial charge in [0.05, 0.1) is 0 Å². The van der Waals surface area contributed by atoms with E-state index in [9.17, 15) is 4.79 Å². The molecule has 0 unspecified atom stereocenters. The van der Waals surface area contributed by atoms with Gasteiger partial charge < -0.3 is 11.1 Å². The van der Waals surface area contributed by atoms with E-state index in [0.717, 1.165) is 12.1 Å². The number of benzene rings is 2. The molecule has 0 aliphatic heterocycles. The van der Waals surface area contributed by atoms with Crippen LogP contribution < -0.4 is 11.1 Å². The molecule has 0 saturated carbocycles. The fourth-order valence-electron chi connectivity index (χ4n) is 1.71. The number of hydrogen-bond donors (Lipinski definition) is 2. The summed E-state index contributed by atoms with van der Waals surface area (Å²) < 4.78 is 0. The highest BCUT2D eigenvalue weighted by Gasteiger charge is 2.05. The maximum Gasteiger partial charge on any atom is 0.255 e. The van der Waals surface area contributed by atoms with Crippen LogP contribution >= 0.6 is 0 Å². The summed E-state index contributed by atoms with van der Waals surface area (Å²) in [5.74, 6) is -0.147. The average molecular weight is 240 g/mol. The van der Waals surface area contributed by atoms with E-state index < -0.39 is 0 Å². The van der Waals surface area contributed by atoms with E-state index in [1.54, 1.807) is 24.3 Å². The number of nitrogens with one attached hydrogen (secondary N) is 1. The minimum atomic E-state index is -0.147. The minimum Gasteiger partial charge on any atom is -0.399 e. The average Bonchev–Trinajstić information content (AvgIpc) is 2.39. The third-order valence-corrected chi connectivity index (χ3v) is 2.77. The molecule has 1 amide bonds. The standard InChI is InChI=1S/C15H16N2O/c1-2-11-6-8-14(9-7-11)17-15(18)12-4-3-5-13(16)10-12/h3-10H,2,16H2,1H3,(H,17,18). The van der Waals surface area contributed by atoms with Crippen molar-refractivity contribution in [3.05, 3.63) is 59.7 Å². The summed E-state index contributed by atoms with van der Waals surface area (Å²) in [6, 6.07) is 14.8. The molecule has 0 radical (unpaired) electrons. The lowest BCUT2D eigenvalue weighted by Gasteiger charge is -2.06. The number of anilines is 2. The number of carbonyl (C=O) groups is 1. The van der Waals surface area contributed by atoms with Gasteiger partial charge in [0.2, 0.25) is 0 Å². The van der Waals surface area contributed by atoms with Crippen molar-refractivity contribution in [1.29, 1.82) is 0 Å². The largest absolute Gasteiger partial charge is 0.399 e. The van der Waals surface area contributed by atoms with Crippen LogP contribution in [0.4, 0.5) is 11.4 Å². The predicted octanol–water partition coefficient (Wildman–Crippen LogP) is 3.08. The summed E-state index contributed by atoms with van der Waals surface area (Å²) in [6.45, 7) is 2.10. The zero-order valence-electron chi connectivity index (χ0n) is 10.3. The number of nitrogen functional groups attached to an aromatic ring is 1. The maximum atomic E-state index is 12.0. The highest BCUT2D eigenvalue weighted by Crippen LogP contribution is 2.13. The van der Waals surface area contributed by atoms with Crippen molar-refractivity contribution in [3.8, 4) is 0 Å². The lowest BCUT2D eigenvalue weighted by atomic mass is 10.1. The predicted molar refractivity (Wildman–Crippen MR) is 74.6 cm³/mol. The first kappa shape index (κ1) is 12.2. The summed E-state index contributed by atoms with van der Waals surface area (Å²) in [5, 5.41) is 2.84. The third-order valence-electron chi connectivity index (χ3n) is 2.77. The Bertz CT molecular complexity index is 547. The highest BCUT2D eigenvalue weighted by atomic mass is 16.1. The lowest BCUT2D eigenvalue weighted by molar-refractivity contribution is 0.102. The highest BCUT2D eigenvalue weighted by molar-refractivity contribution is 6.04. The van der Waals surface area contributed by atoms with Crippen LogP contribution in [0.25, 0.3) is 0 Å². The molecule has 92 valence electrons. The fraction of sp³-hybridized carbons (Fsp3) is 0.133. The minimum absolute atomic E-state index is 0.147. The van der Waals surface area contributed by atoms with Gasteiger partial charge in [0.1, 0.15) is 0 Å². The zero-order valence-corrected chi connectivity index (χ0v) is 10.3. The van der Waals surface area contributed by atoms with E-state index in [1.165, 1.54) is 5.56 Å². The van der Waals surface area contributed by atoms with Gasteiger partial charge in [0, 0.05) is 16.9 Å². The Hall–Kier alpha value is -2.29. The Kier molecular flexibility index (Phi) is 3.63. The topological polar surface area (TPSA) is 55.1 Å². The number of rotatable bonds is 3. The second-order valence-corrected chi connectivity index (χ2v) is 4.13. The summed E-state index contributed by atoms with van der Waals surface area (Å²) in [4.78, 5) is 12.0. The van der Waals surface area contributed by atoms with Gasteiger partial charge in [-0.15, -0.1) is 0 Å². The molecule has 3 nitrogen and oxygen atoms in total. The molecule has 0 aliphatic carbocycles. The van der Waals surface area contributed by atoms with Crippen LogP contribution in [-0.2, 0) is 6.42 Å². The first-order valence-corrected chi connectivity index (χ1v) is 5.95. The lowest BCUT2D eigenvalue weighted by Crippen LogP contribution is -2.12. The Labute approximate surface area is 107 Å². The van der Waals surface area contributed by atoms with Crippen molar-refractivity contribution in [3.63, 3.8) is 0 Å². The Balaban J connectivity index is 2.11. The van der Waals surface area contributed by atoms with E-state index in [2.05, 4.69) is 12.2 Å². The van der Waals surface area contributed by atoms with Crippen molar-refractivity contribution < 1.29 is 4.79 Å². The van der Waals surface area contributed by atoms with Crippen LogP contribution in [-0.4, -0.2) is 5.91 Å². The molecule has 0 heterocycles. The van der Waals surface area contributed by atoms with Gasteiger partial charge in [-0.05, 0) is 42.3 Å². The van der Waals surface area contributed by atoms with Crippen LogP contribution in [0.15, 0.2) is 48.5 Å². The van der Waals surface area contributed by atoms with Crippen LogP contribution in [0.2, 0.25) is 0 Å². The monoisotopic (exact) mass is 240 g/mol. The Morgan fingerprint density at radius 3 is 2.50 bits per heavy atom. The van der Waals surface area contributed by atoms with Crippen LogP contribution in [0.1, 0.15) is 22.8 Å². The molecule has 3 heteroatoms. The van der Waals surface area contributed by atoms with Crippen molar-refractivity contribution in [2.45, 2.75) is 13.3 Å². The number of amides is 1. The second-order valence-electron chi connectivity index (χ2n) is 4.13. The van der Waals surface area contributed by atoms with Crippen LogP contribution in [0, 0.1) is 0 Å². The molecule has 0 aromatic heterocycles. The van der Waals surface area contributed by atoms with Crippen molar-refractivity contribution >= 4 is 17.3 Å². The van der Waals surface area contributed by atoms with Gasteiger partial charge in [-0.1, -0.05) is 25.1 Å². The smallest absolute Gasteiger partial charge is 0.255 e. The molecule has 2 rings (SSSR count). The van der Waals surface area contributed by atoms with E-state index in [4.69, 9.17) is 5.73 Å². The number of hydrogen-bond acceptors (Lipinski definition) is 2. The Morgan fingerprint density at radius 1 is 1.17 bits per heavy atom. The molecular formula is C15H16N2O. The van der Waals surface area contributed by atoms with Gasteiger partial charge in [-0.3, -0.25) is 4.79 Å². The molecule has 0 aliphatic rings. The van der Waals surface area contributed by atoms with Gasteiger partial charge in [0.25, 0.3) is 5.91 Å². The van der Waals surface area contributed by atoms with E-state index >= 15 is 0 Å². The number of carbonyl (C=O) groups excluding carboxylic acids is 1. The zero-order chi connectivity index (χ0) is 13.0. The van der Waals surface area contributed by atoms with Gasteiger partial charge in [-0.2, -0.15) is 0 Å². The molecule has 2 aromatic carbocycles. The fourth-order valence-corrected chi connectivity index (χ4v) is 1.71. The van der Waals surface area contributed by atoms with Crippen molar-refractivity contribution in [2.75, 3.05) is 11.1 Å². The molecular weight excluding hydrogens is 224 g/mol. The molecule has 0 fully saturated rings. The van der Waals surface area contributed by atoms with Crippen molar-refractivity contribution in [2.24, 2.45) is 0 Å². The molecule has 2 aromatic rings. The molecule has 18 heavy (non-hydrogen) atoms. The summed E-state index contributed by atoms with van der Waals surface area (Å²) in [6.07, 6.45) is 0.990. The van der Waals surface area contributed by atoms with Gasteiger partial charge in [0.15, 0.2) is 0 Å². The Morgan fingerprint density at radius 2 is 1.89 bits per heavy atom. The maximum absolute atomic E-state index is 12.0. The summed E-state index contributed by atoms with van der Waals surface area (Å²) in [7, 11) is 0. The van der Waals surface area contributed by atoms with E-state index in [-0.39, 0.29) is 5.91 Å². The molecule has 0 bridgehead atoms. The third kappa shape index (κ3) is 2.88. The molecule has 0 spiro atoms.